The van der Waals surface area contributed by atoms with Crippen molar-refractivity contribution < 1.29 is 9.21 Å². The summed E-state index contributed by atoms with van der Waals surface area (Å²) in [4.78, 5) is 21.0. The molecule has 2 aromatic heterocycles. The molecule has 28 heavy (non-hydrogen) atoms. The number of furan rings is 1. The quantitative estimate of drug-likeness (QED) is 0.717. The molecule has 144 valence electrons. The van der Waals surface area contributed by atoms with E-state index in [-0.39, 0.29) is 5.91 Å². The molecular weight excluding hydrogens is 352 g/mol. The first kappa shape index (κ1) is 18.3. The lowest BCUT2D eigenvalue weighted by atomic mass is 10.2. The van der Waals surface area contributed by atoms with E-state index in [2.05, 4.69) is 44.4 Å². The molecule has 1 aliphatic heterocycles. The van der Waals surface area contributed by atoms with Crippen LogP contribution in [-0.4, -0.2) is 42.0 Å². The fourth-order valence-electron chi connectivity index (χ4n) is 3.38. The lowest BCUT2D eigenvalue weighted by Crippen LogP contribution is -2.45. The predicted octanol–water partition coefficient (Wildman–Crippen LogP) is 2.93. The van der Waals surface area contributed by atoms with Crippen LogP contribution in [0.25, 0.3) is 0 Å². The van der Waals surface area contributed by atoms with Crippen molar-refractivity contribution in [2.75, 3.05) is 31.1 Å². The monoisotopic (exact) mass is 376 g/mol. The molecule has 0 atom stereocenters. The number of aromatic nitrogens is 1. The molecule has 1 amide bonds. The van der Waals surface area contributed by atoms with Gasteiger partial charge in [-0.2, -0.15) is 0 Å². The molecule has 1 saturated heterocycles. The fraction of sp³-hybridized carbons (Fsp3) is 0.273. The average Bonchev–Trinajstić information content (AvgIpc) is 3.22. The van der Waals surface area contributed by atoms with Crippen molar-refractivity contribution in [3.63, 3.8) is 0 Å². The van der Waals surface area contributed by atoms with Crippen molar-refractivity contribution >= 4 is 11.6 Å². The van der Waals surface area contributed by atoms with Crippen LogP contribution in [0.1, 0.15) is 21.9 Å². The molecule has 0 radical (unpaired) electrons. The second-order valence-electron chi connectivity index (χ2n) is 6.90. The summed E-state index contributed by atoms with van der Waals surface area (Å²) in [5.74, 6) is 0.978. The molecule has 4 rings (SSSR count). The molecule has 0 aliphatic carbocycles. The van der Waals surface area contributed by atoms with Crippen LogP contribution in [0, 0.1) is 0 Å². The second-order valence-corrected chi connectivity index (χ2v) is 6.90. The summed E-state index contributed by atoms with van der Waals surface area (Å²) in [6, 6.07) is 17.9. The Kier molecular flexibility index (Phi) is 5.68. The van der Waals surface area contributed by atoms with E-state index in [9.17, 15) is 4.79 Å². The van der Waals surface area contributed by atoms with E-state index >= 15 is 0 Å². The van der Waals surface area contributed by atoms with Gasteiger partial charge in [0, 0.05) is 50.8 Å². The van der Waals surface area contributed by atoms with Gasteiger partial charge < -0.3 is 14.6 Å². The Balaban J connectivity index is 1.26. The number of para-hydroxylation sites is 1. The Morgan fingerprint density at radius 2 is 1.71 bits per heavy atom. The number of hydrogen-bond acceptors (Lipinski definition) is 5. The third-order valence-electron chi connectivity index (χ3n) is 4.96. The summed E-state index contributed by atoms with van der Waals surface area (Å²) in [5, 5.41) is 2.88. The van der Waals surface area contributed by atoms with Crippen LogP contribution in [0.4, 0.5) is 5.69 Å². The zero-order chi connectivity index (χ0) is 19.2. The summed E-state index contributed by atoms with van der Waals surface area (Å²) in [7, 11) is 0. The smallest absolute Gasteiger partial charge is 0.287 e. The van der Waals surface area contributed by atoms with E-state index in [1.54, 1.807) is 18.5 Å². The van der Waals surface area contributed by atoms with E-state index in [0.29, 0.717) is 12.3 Å². The maximum atomic E-state index is 12.3. The maximum absolute atomic E-state index is 12.3. The van der Waals surface area contributed by atoms with E-state index in [1.807, 2.05) is 24.3 Å². The topological polar surface area (TPSA) is 61.6 Å². The van der Waals surface area contributed by atoms with Gasteiger partial charge >= 0.3 is 0 Å². The number of anilines is 1. The lowest BCUT2D eigenvalue weighted by Gasteiger charge is -2.35. The standard InChI is InChI=1S/C22H24N4O2/c27-22(24-16-18-8-10-23-11-9-18)21-7-6-20(28-21)17-25-12-14-26(15-13-25)19-4-2-1-3-5-19/h1-11H,12-17H2,(H,24,27). The minimum atomic E-state index is -0.197. The summed E-state index contributed by atoms with van der Waals surface area (Å²) in [5.41, 5.74) is 2.28. The van der Waals surface area contributed by atoms with Crippen LogP contribution in [-0.2, 0) is 13.1 Å². The number of carbonyl (C=O) groups is 1. The van der Waals surface area contributed by atoms with Gasteiger partial charge in [0.2, 0.25) is 0 Å². The predicted molar refractivity (Wildman–Crippen MR) is 108 cm³/mol. The molecule has 6 heteroatoms. The summed E-state index contributed by atoms with van der Waals surface area (Å²) < 4.78 is 5.77. The van der Waals surface area contributed by atoms with Crippen molar-refractivity contribution in [1.29, 1.82) is 0 Å². The molecule has 1 aliphatic rings. The molecule has 0 bridgehead atoms. The minimum Gasteiger partial charge on any atom is -0.455 e. The van der Waals surface area contributed by atoms with E-state index < -0.39 is 0 Å². The minimum absolute atomic E-state index is 0.197. The van der Waals surface area contributed by atoms with Gasteiger partial charge in [-0.3, -0.25) is 14.7 Å². The molecule has 1 fully saturated rings. The highest BCUT2D eigenvalue weighted by molar-refractivity contribution is 5.91. The summed E-state index contributed by atoms with van der Waals surface area (Å²) in [6.45, 7) is 5.10. The molecule has 1 aromatic carbocycles. The first-order valence-corrected chi connectivity index (χ1v) is 9.56. The summed E-state index contributed by atoms with van der Waals surface area (Å²) >= 11 is 0. The highest BCUT2D eigenvalue weighted by Gasteiger charge is 2.19. The zero-order valence-electron chi connectivity index (χ0n) is 15.8. The zero-order valence-corrected chi connectivity index (χ0v) is 15.8. The second kappa shape index (κ2) is 8.71. The van der Waals surface area contributed by atoms with E-state index in [0.717, 1.165) is 44.0 Å². The third kappa shape index (κ3) is 4.58. The first-order valence-electron chi connectivity index (χ1n) is 9.56. The van der Waals surface area contributed by atoms with Crippen LogP contribution in [0.5, 0.6) is 0 Å². The number of nitrogens with zero attached hydrogens (tertiary/aromatic N) is 3. The van der Waals surface area contributed by atoms with Gasteiger partial charge in [0.25, 0.3) is 5.91 Å². The third-order valence-corrected chi connectivity index (χ3v) is 4.96. The van der Waals surface area contributed by atoms with Crippen molar-refractivity contribution in [2.24, 2.45) is 0 Å². The Morgan fingerprint density at radius 3 is 2.46 bits per heavy atom. The largest absolute Gasteiger partial charge is 0.455 e. The normalized spacial score (nSPS) is 14.8. The van der Waals surface area contributed by atoms with Crippen LogP contribution in [0.15, 0.2) is 71.4 Å². The highest BCUT2D eigenvalue weighted by Crippen LogP contribution is 2.17. The molecule has 6 nitrogen and oxygen atoms in total. The average molecular weight is 376 g/mol. The molecule has 0 spiro atoms. The molecular formula is C22H24N4O2. The number of amides is 1. The number of benzene rings is 1. The number of rotatable bonds is 6. The van der Waals surface area contributed by atoms with Crippen LogP contribution >= 0.6 is 0 Å². The van der Waals surface area contributed by atoms with Crippen molar-refractivity contribution in [1.82, 2.24) is 15.2 Å². The van der Waals surface area contributed by atoms with Gasteiger partial charge in [-0.1, -0.05) is 18.2 Å². The molecule has 3 aromatic rings. The van der Waals surface area contributed by atoms with Gasteiger partial charge in [-0.05, 0) is 42.0 Å². The van der Waals surface area contributed by atoms with Gasteiger partial charge in [-0.25, -0.2) is 0 Å². The Morgan fingerprint density at radius 1 is 0.964 bits per heavy atom. The fourth-order valence-corrected chi connectivity index (χ4v) is 3.38. The lowest BCUT2D eigenvalue weighted by molar-refractivity contribution is 0.0919. The Hall–Kier alpha value is -3.12. The maximum Gasteiger partial charge on any atom is 0.287 e. The number of pyridine rings is 1. The van der Waals surface area contributed by atoms with E-state index in [4.69, 9.17) is 4.42 Å². The molecule has 1 N–H and O–H groups in total. The number of carbonyl (C=O) groups excluding carboxylic acids is 1. The number of hydrogen-bond donors (Lipinski definition) is 1. The number of nitrogens with one attached hydrogen (secondary N) is 1. The Bertz CT molecular complexity index is 887. The first-order chi connectivity index (χ1) is 13.8. The van der Waals surface area contributed by atoms with Gasteiger partial charge in [0.05, 0.1) is 6.54 Å². The van der Waals surface area contributed by atoms with E-state index in [1.165, 1.54) is 5.69 Å². The van der Waals surface area contributed by atoms with Gasteiger partial charge in [0.1, 0.15) is 5.76 Å². The van der Waals surface area contributed by atoms with Crippen LogP contribution in [0.3, 0.4) is 0 Å². The van der Waals surface area contributed by atoms with Crippen molar-refractivity contribution in [3.8, 4) is 0 Å². The SMILES string of the molecule is O=C(NCc1ccncc1)c1ccc(CN2CCN(c3ccccc3)CC2)o1. The summed E-state index contributed by atoms with van der Waals surface area (Å²) in [6.07, 6.45) is 3.42. The number of piperazine rings is 1. The van der Waals surface area contributed by atoms with Crippen molar-refractivity contribution in [2.45, 2.75) is 13.1 Å². The van der Waals surface area contributed by atoms with Crippen molar-refractivity contribution in [3.05, 3.63) is 84.1 Å². The van der Waals surface area contributed by atoms with Gasteiger partial charge in [-0.15, -0.1) is 0 Å². The molecule has 0 unspecified atom stereocenters. The molecule has 3 heterocycles. The van der Waals surface area contributed by atoms with Crippen LogP contribution in [0.2, 0.25) is 0 Å². The Labute approximate surface area is 164 Å². The van der Waals surface area contributed by atoms with Crippen LogP contribution < -0.4 is 10.2 Å². The molecule has 0 saturated carbocycles. The van der Waals surface area contributed by atoms with Gasteiger partial charge in [0.15, 0.2) is 5.76 Å². The highest BCUT2D eigenvalue weighted by atomic mass is 16.4.